The van der Waals surface area contributed by atoms with E-state index >= 15 is 0 Å². The Morgan fingerprint density at radius 2 is 1.76 bits per heavy atom. The molecule has 7 nitrogen and oxygen atoms in total. The number of carbonyl (C=O) groups excluding carboxylic acids is 2. The van der Waals surface area contributed by atoms with Crippen LogP contribution in [0.3, 0.4) is 0 Å². The van der Waals surface area contributed by atoms with Crippen molar-refractivity contribution in [3.8, 4) is 0 Å². The fraction of sp³-hybridized carbons (Fsp3) is 0.400. The Morgan fingerprint density at radius 3 is 2.41 bits per heavy atom. The molecule has 0 atom stereocenters. The summed E-state index contributed by atoms with van der Waals surface area (Å²) in [6, 6.07) is 8.64. The Bertz CT molecular complexity index is 1050. The van der Waals surface area contributed by atoms with Crippen molar-refractivity contribution in [1.82, 2.24) is 4.31 Å². The summed E-state index contributed by atoms with van der Waals surface area (Å²) in [5.41, 5.74) is 6.99. The van der Waals surface area contributed by atoms with E-state index in [-0.39, 0.29) is 20.7 Å². The lowest BCUT2D eigenvalue weighted by Gasteiger charge is -2.25. The van der Waals surface area contributed by atoms with E-state index in [1.165, 1.54) is 10.4 Å². The molecule has 154 valence electrons. The number of nitrogens with one attached hydrogen (secondary N) is 1. The maximum atomic E-state index is 13.0. The van der Waals surface area contributed by atoms with Crippen molar-refractivity contribution in [2.75, 3.05) is 18.4 Å². The van der Waals surface area contributed by atoms with Gasteiger partial charge in [-0.25, -0.2) is 8.42 Å². The predicted molar refractivity (Wildman–Crippen MR) is 112 cm³/mol. The van der Waals surface area contributed by atoms with E-state index in [9.17, 15) is 18.0 Å². The highest BCUT2D eigenvalue weighted by molar-refractivity contribution is 7.91. The Labute approximate surface area is 174 Å². The molecule has 0 spiro atoms. The maximum absolute atomic E-state index is 13.0. The maximum Gasteiger partial charge on any atom is 0.256 e. The van der Waals surface area contributed by atoms with Gasteiger partial charge in [0.25, 0.3) is 21.8 Å². The lowest BCUT2D eigenvalue weighted by Crippen LogP contribution is -2.35. The zero-order valence-corrected chi connectivity index (χ0v) is 17.5. The van der Waals surface area contributed by atoms with Gasteiger partial charge in [-0.2, -0.15) is 4.31 Å². The third kappa shape index (κ3) is 4.08. The van der Waals surface area contributed by atoms with Crippen LogP contribution in [-0.4, -0.2) is 37.6 Å². The van der Waals surface area contributed by atoms with E-state index in [4.69, 9.17) is 5.73 Å². The zero-order valence-electron chi connectivity index (χ0n) is 15.9. The number of sulfonamides is 1. The molecule has 3 N–H and O–H groups in total. The van der Waals surface area contributed by atoms with Gasteiger partial charge in [-0.1, -0.05) is 24.6 Å². The molecule has 2 aliphatic rings. The normalized spacial score (nSPS) is 17.8. The summed E-state index contributed by atoms with van der Waals surface area (Å²) in [7, 11) is -3.72. The third-order valence-electron chi connectivity index (χ3n) is 5.33. The molecule has 1 saturated carbocycles. The summed E-state index contributed by atoms with van der Waals surface area (Å²) in [6.07, 6.45) is 4.73. The number of amides is 2. The van der Waals surface area contributed by atoms with E-state index in [1.54, 1.807) is 12.1 Å². The van der Waals surface area contributed by atoms with Crippen LogP contribution >= 0.6 is 11.3 Å². The molecule has 2 aromatic rings. The van der Waals surface area contributed by atoms with E-state index < -0.39 is 15.9 Å². The fourth-order valence-corrected chi connectivity index (χ4v) is 6.67. The molecule has 4 rings (SSSR count). The Balaban J connectivity index is 1.64. The lowest BCUT2D eigenvalue weighted by molar-refractivity contribution is 0.100. The van der Waals surface area contributed by atoms with Crippen molar-refractivity contribution >= 4 is 38.2 Å². The quantitative estimate of drug-likeness (QED) is 0.729. The van der Waals surface area contributed by atoms with Gasteiger partial charge in [0.05, 0.1) is 5.56 Å². The summed E-state index contributed by atoms with van der Waals surface area (Å²) < 4.78 is 27.4. The van der Waals surface area contributed by atoms with Gasteiger partial charge < -0.3 is 11.1 Å². The number of rotatable bonds is 6. The van der Waals surface area contributed by atoms with Crippen molar-refractivity contribution in [2.45, 2.75) is 42.2 Å². The summed E-state index contributed by atoms with van der Waals surface area (Å²) in [5.74, 6) is -0.753. The van der Waals surface area contributed by atoms with Crippen LogP contribution in [0.2, 0.25) is 0 Å². The number of nitrogens with two attached hydrogens (primary N) is 1. The first kappa shape index (κ1) is 20.1. The summed E-state index contributed by atoms with van der Waals surface area (Å²) in [5, 5.41) is 2.89. The number of carbonyl (C=O) groups is 2. The van der Waals surface area contributed by atoms with Crippen molar-refractivity contribution in [1.29, 1.82) is 0 Å². The third-order valence-corrected chi connectivity index (χ3v) is 8.73. The molecule has 0 unspecified atom stereocenters. The highest BCUT2D eigenvalue weighted by atomic mass is 32.2. The average Bonchev–Trinajstić information content (AvgIpc) is 3.48. The van der Waals surface area contributed by atoms with Crippen molar-refractivity contribution in [3.05, 3.63) is 47.0 Å². The van der Waals surface area contributed by atoms with Crippen LogP contribution in [0.25, 0.3) is 0 Å². The SMILES string of the molecule is NC(=O)c1cc(S(=O)(=O)N2CCCCC2)sc1NC(=O)c1ccccc1C1CC1. The molecule has 9 heteroatoms. The molecule has 29 heavy (non-hydrogen) atoms. The van der Waals surface area contributed by atoms with Crippen molar-refractivity contribution in [3.63, 3.8) is 0 Å². The van der Waals surface area contributed by atoms with Crippen LogP contribution in [0.4, 0.5) is 5.00 Å². The van der Waals surface area contributed by atoms with Crippen LogP contribution in [0.1, 0.15) is 64.3 Å². The van der Waals surface area contributed by atoms with Gasteiger partial charge in [0.15, 0.2) is 0 Å². The van der Waals surface area contributed by atoms with Gasteiger partial charge in [0, 0.05) is 18.7 Å². The van der Waals surface area contributed by atoms with Crippen molar-refractivity contribution < 1.29 is 18.0 Å². The predicted octanol–water partition coefficient (Wildman–Crippen LogP) is 3.15. The average molecular weight is 434 g/mol. The molecule has 0 radical (unpaired) electrons. The number of benzene rings is 1. The first-order chi connectivity index (χ1) is 13.9. The van der Waals surface area contributed by atoms with Gasteiger partial charge in [0.2, 0.25) is 0 Å². The van der Waals surface area contributed by atoms with Crippen LogP contribution < -0.4 is 11.1 Å². The van der Waals surface area contributed by atoms with E-state index in [2.05, 4.69) is 5.32 Å². The second kappa shape index (κ2) is 7.89. The Kier molecular flexibility index (Phi) is 5.46. The monoisotopic (exact) mass is 433 g/mol. The van der Waals surface area contributed by atoms with Gasteiger partial charge in [-0.15, -0.1) is 11.3 Å². The molecule has 2 fully saturated rings. The molecule has 1 aromatic heterocycles. The Morgan fingerprint density at radius 1 is 1.07 bits per heavy atom. The second-order valence-electron chi connectivity index (χ2n) is 7.45. The molecule has 2 amide bonds. The first-order valence-corrected chi connectivity index (χ1v) is 12.0. The summed E-state index contributed by atoms with van der Waals surface area (Å²) >= 11 is 0.879. The number of piperidine rings is 1. The Hall–Kier alpha value is -2.23. The highest BCUT2D eigenvalue weighted by Crippen LogP contribution is 2.42. The van der Waals surface area contributed by atoms with Gasteiger partial charge in [-0.05, 0) is 49.3 Å². The molecule has 1 aliphatic carbocycles. The smallest absolute Gasteiger partial charge is 0.256 e. The van der Waals surface area contributed by atoms with Crippen molar-refractivity contribution in [2.24, 2.45) is 5.73 Å². The molecule has 1 aromatic carbocycles. The highest BCUT2D eigenvalue weighted by Gasteiger charge is 2.31. The minimum Gasteiger partial charge on any atom is -0.366 e. The molecule has 1 aliphatic heterocycles. The number of anilines is 1. The van der Waals surface area contributed by atoms with Gasteiger partial charge >= 0.3 is 0 Å². The lowest BCUT2D eigenvalue weighted by atomic mass is 10.0. The summed E-state index contributed by atoms with van der Waals surface area (Å²) in [6.45, 7) is 0.922. The number of hydrogen-bond acceptors (Lipinski definition) is 5. The van der Waals surface area contributed by atoms with E-state index in [0.717, 1.165) is 49.0 Å². The molecule has 0 bridgehead atoms. The van der Waals surface area contributed by atoms with E-state index in [0.29, 0.717) is 24.6 Å². The van der Waals surface area contributed by atoms with Crippen LogP contribution in [-0.2, 0) is 10.0 Å². The number of thiophene rings is 1. The van der Waals surface area contributed by atoms with Crippen LogP contribution in [0.15, 0.2) is 34.5 Å². The summed E-state index contributed by atoms with van der Waals surface area (Å²) in [4.78, 5) is 24.8. The standard InChI is InChI=1S/C20H23N3O4S2/c21-18(24)16-12-17(29(26,27)23-10-4-1-5-11-23)28-20(16)22-19(25)15-7-3-2-6-14(15)13-8-9-13/h2-3,6-7,12-13H,1,4-5,8-11H2,(H2,21,24)(H,22,25). The van der Waals surface area contributed by atoms with Crippen LogP contribution in [0.5, 0.6) is 0 Å². The largest absolute Gasteiger partial charge is 0.366 e. The molecular weight excluding hydrogens is 410 g/mol. The van der Waals surface area contributed by atoms with Crippen LogP contribution in [0, 0.1) is 0 Å². The molecule has 1 saturated heterocycles. The zero-order chi connectivity index (χ0) is 20.6. The first-order valence-electron chi connectivity index (χ1n) is 9.72. The minimum absolute atomic E-state index is 0.0165. The second-order valence-corrected chi connectivity index (χ2v) is 10.7. The van der Waals surface area contributed by atoms with Gasteiger partial charge in [-0.3, -0.25) is 9.59 Å². The fourth-order valence-electron chi connectivity index (χ4n) is 3.63. The van der Waals surface area contributed by atoms with Gasteiger partial charge in [0.1, 0.15) is 9.21 Å². The topological polar surface area (TPSA) is 110 Å². The van der Waals surface area contributed by atoms with E-state index in [1.807, 2.05) is 12.1 Å². The molecular formula is C20H23N3O4S2. The number of primary amides is 1. The minimum atomic E-state index is -3.72. The number of hydrogen-bond donors (Lipinski definition) is 2. The molecule has 2 heterocycles. The number of nitrogens with zero attached hydrogens (tertiary/aromatic N) is 1.